The molecule has 3 rings (SSSR count). The molecular weight excluding hydrogens is 448 g/mol. The topological polar surface area (TPSA) is 90.0 Å². The van der Waals surface area contributed by atoms with Gasteiger partial charge < -0.3 is 10.2 Å². The first-order valence-electron chi connectivity index (χ1n) is 9.42. The van der Waals surface area contributed by atoms with Gasteiger partial charge in [0.2, 0.25) is 10.0 Å². The molecule has 30 heavy (non-hydrogen) atoms. The molecule has 8 nitrogen and oxygen atoms in total. The molecule has 0 atom stereocenters. The molecule has 1 aliphatic heterocycles. The molecule has 164 valence electrons. The number of hydrogen-bond donors (Lipinski definition) is 1. The highest BCUT2D eigenvalue weighted by atomic mass is 35.5. The Morgan fingerprint density at radius 2 is 1.67 bits per heavy atom. The van der Waals surface area contributed by atoms with Gasteiger partial charge in [0.25, 0.3) is 10.0 Å². The van der Waals surface area contributed by atoms with Crippen molar-refractivity contribution >= 4 is 48.9 Å². The third-order valence-electron chi connectivity index (χ3n) is 4.94. The second-order valence-corrected chi connectivity index (χ2v) is 11.4. The maximum atomic E-state index is 13.0. The maximum Gasteiger partial charge on any atom is 0.278 e. The first kappa shape index (κ1) is 22.7. The van der Waals surface area contributed by atoms with Gasteiger partial charge in [-0.15, -0.1) is 0 Å². The molecule has 0 spiro atoms. The first-order valence-corrected chi connectivity index (χ1v) is 13.0. The Labute approximate surface area is 183 Å². The van der Waals surface area contributed by atoms with Gasteiger partial charge in [-0.1, -0.05) is 18.2 Å². The van der Waals surface area contributed by atoms with Crippen molar-refractivity contribution in [3.8, 4) is 0 Å². The zero-order chi connectivity index (χ0) is 21.9. The highest BCUT2D eigenvalue weighted by Crippen LogP contribution is 2.38. The number of benzene rings is 2. The summed E-state index contributed by atoms with van der Waals surface area (Å²) in [6.45, 7) is 3.29. The van der Waals surface area contributed by atoms with Crippen molar-refractivity contribution in [3.05, 3.63) is 48.5 Å². The van der Waals surface area contributed by atoms with Crippen LogP contribution in [-0.4, -0.2) is 56.3 Å². The van der Waals surface area contributed by atoms with E-state index >= 15 is 0 Å². The number of nitrogens with one attached hydrogen (secondary N) is 1. The minimum Gasteiger partial charge on any atom is -0.370 e. The van der Waals surface area contributed by atoms with Crippen LogP contribution in [-0.2, 0) is 20.0 Å². The lowest BCUT2D eigenvalue weighted by Gasteiger charge is -2.28. The van der Waals surface area contributed by atoms with Crippen LogP contribution in [0.4, 0.5) is 17.1 Å². The number of sulfonamides is 2. The standard InChI is InChI=1S/C19H25ClN4O4S2/c1-22(29(2,25)26)19-15-16(23-13-6-11-21-12-14-23)9-10-18(19)24(20)30(27,28)17-7-4-3-5-8-17/h3-5,7-10,15,21H,6,11-14H2,1-2H3. The molecule has 0 aromatic heterocycles. The minimum absolute atomic E-state index is 0.00984. The van der Waals surface area contributed by atoms with Crippen LogP contribution in [0.3, 0.4) is 0 Å². The smallest absolute Gasteiger partial charge is 0.278 e. The van der Waals surface area contributed by atoms with Gasteiger partial charge in [0.15, 0.2) is 0 Å². The fourth-order valence-corrected chi connectivity index (χ4v) is 5.19. The molecule has 0 saturated carbocycles. The Kier molecular flexibility index (Phi) is 6.81. The second kappa shape index (κ2) is 9.01. The fourth-order valence-electron chi connectivity index (χ4n) is 3.21. The van der Waals surface area contributed by atoms with Gasteiger partial charge in [0.1, 0.15) is 0 Å². The Hall–Kier alpha value is -2.01. The van der Waals surface area contributed by atoms with E-state index in [4.69, 9.17) is 11.8 Å². The molecule has 0 unspecified atom stereocenters. The average molecular weight is 473 g/mol. The summed E-state index contributed by atoms with van der Waals surface area (Å²) in [6, 6.07) is 12.7. The molecule has 1 saturated heterocycles. The minimum atomic E-state index is -4.08. The normalized spacial score (nSPS) is 15.5. The van der Waals surface area contributed by atoms with Crippen LogP contribution < -0.4 is 18.3 Å². The molecule has 2 aromatic carbocycles. The summed E-state index contributed by atoms with van der Waals surface area (Å²) in [4.78, 5) is 2.14. The Bertz CT molecular complexity index is 1090. The third-order valence-corrected chi connectivity index (χ3v) is 8.35. The highest BCUT2D eigenvalue weighted by Gasteiger charge is 2.29. The SMILES string of the molecule is CN(c1cc(N2CCCNCC2)ccc1N(Cl)S(=O)(=O)c1ccccc1)S(C)(=O)=O. The van der Waals surface area contributed by atoms with Gasteiger partial charge in [-0.05, 0) is 43.3 Å². The lowest BCUT2D eigenvalue weighted by molar-refractivity contribution is 0.596. The van der Waals surface area contributed by atoms with Gasteiger partial charge in [0.05, 0.1) is 22.5 Å². The number of rotatable bonds is 6. The summed E-state index contributed by atoms with van der Waals surface area (Å²) >= 11 is 6.30. The number of halogens is 1. The van der Waals surface area contributed by atoms with Crippen LogP contribution in [0, 0.1) is 0 Å². The van der Waals surface area contributed by atoms with Crippen molar-refractivity contribution in [1.29, 1.82) is 0 Å². The maximum absolute atomic E-state index is 13.0. The predicted octanol–water partition coefficient (Wildman–Crippen LogP) is 2.23. The van der Waals surface area contributed by atoms with Crippen molar-refractivity contribution in [2.45, 2.75) is 11.3 Å². The van der Waals surface area contributed by atoms with E-state index in [9.17, 15) is 16.8 Å². The number of anilines is 3. The summed E-state index contributed by atoms with van der Waals surface area (Å²) < 4.78 is 52.2. The molecule has 0 bridgehead atoms. The van der Waals surface area contributed by atoms with Gasteiger partial charge in [0, 0.05) is 44.1 Å². The Morgan fingerprint density at radius 3 is 2.33 bits per heavy atom. The Morgan fingerprint density at radius 1 is 0.967 bits per heavy atom. The molecule has 11 heteroatoms. The summed E-state index contributed by atoms with van der Waals surface area (Å²) in [5.41, 5.74) is 1.04. The van der Waals surface area contributed by atoms with Crippen molar-refractivity contribution in [2.24, 2.45) is 0 Å². The van der Waals surface area contributed by atoms with E-state index in [2.05, 4.69) is 10.2 Å². The van der Waals surface area contributed by atoms with Crippen LogP contribution in [0.5, 0.6) is 0 Å². The Balaban J connectivity index is 2.09. The fraction of sp³-hybridized carbons (Fsp3) is 0.368. The number of hydrogen-bond acceptors (Lipinski definition) is 6. The molecule has 1 N–H and O–H groups in total. The molecule has 0 aliphatic carbocycles. The average Bonchev–Trinajstić information content (AvgIpc) is 3.02. The van der Waals surface area contributed by atoms with Crippen molar-refractivity contribution < 1.29 is 16.8 Å². The zero-order valence-corrected chi connectivity index (χ0v) is 19.2. The van der Waals surface area contributed by atoms with E-state index < -0.39 is 20.0 Å². The summed E-state index contributed by atoms with van der Waals surface area (Å²) in [6.07, 6.45) is 2.01. The lowest BCUT2D eigenvalue weighted by atomic mass is 10.2. The summed E-state index contributed by atoms with van der Waals surface area (Å²) in [7, 11) is -6.36. The van der Waals surface area contributed by atoms with E-state index in [0.717, 1.165) is 48.8 Å². The van der Waals surface area contributed by atoms with Crippen LogP contribution in [0.2, 0.25) is 0 Å². The van der Waals surface area contributed by atoms with E-state index in [0.29, 0.717) is 3.82 Å². The third kappa shape index (κ3) is 4.83. The van der Waals surface area contributed by atoms with Crippen molar-refractivity contribution in [1.82, 2.24) is 5.32 Å². The van der Waals surface area contributed by atoms with Crippen molar-refractivity contribution in [3.63, 3.8) is 0 Å². The molecule has 1 aliphatic rings. The predicted molar refractivity (Wildman–Crippen MR) is 121 cm³/mol. The van der Waals surface area contributed by atoms with E-state index in [-0.39, 0.29) is 16.3 Å². The second-order valence-electron chi connectivity index (χ2n) is 7.03. The number of nitrogens with zero attached hydrogens (tertiary/aromatic N) is 3. The van der Waals surface area contributed by atoms with Gasteiger partial charge in [-0.3, -0.25) is 4.31 Å². The first-order chi connectivity index (χ1) is 14.1. The molecule has 2 aromatic rings. The van der Waals surface area contributed by atoms with Gasteiger partial charge in [-0.2, -0.15) is 12.2 Å². The van der Waals surface area contributed by atoms with Crippen LogP contribution >= 0.6 is 11.8 Å². The lowest BCUT2D eigenvalue weighted by Crippen LogP contribution is -2.30. The van der Waals surface area contributed by atoms with Crippen LogP contribution in [0.1, 0.15) is 6.42 Å². The van der Waals surface area contributed by atoms with Gasteiger partial charge in [-0.25, -0.2) is 8.42 Å². The van der Waals surface area contributed by atoms with E-state index in [1.807, 2.05) is 0 Å². The molecule has 1 fully saturated rings. The van der Waals surface area contributed by atoms with Crippen LogP contribution in [0.15, 0.2) is 53.4 Å². The summed E-state index contributed by atoms with van der Waals surface area (Å²) in [5, 5.41) is 3.32. The molecular formula is C19H25ClN4O4S2. The van der Waals surface area contributed by atoms with Crippen molar-refractivity contribution in [2.75, 3.05) is 52.5 Å². The van der Waals surface area contributed by atoms with Crippen LogP contribution in [0.25, 0.3) is 0 Å². The zero-order valence-electron chi connectivity index (χ0n) is 16.8. The highest BCUT2D eigenvalue weighted by molar-refractivity contribution is 7.94. The monoisotopic (exact) mass is 472 g/mol. The molecule has 1 heterocycles. The summed E-state index contributed by atoms with van der Waals surface area (Å²) in [5.74, 6) is 0. The van der Waals surface area contributed by atoms with E-state index in [1.54, 1.807) is 30.3 Å². The van der Waals surface area contributed by atoms with E-state index in [1.165, 1.54) is 25.2 Å². The largest absolute Gasteiger partial charge is 0.370 e. The van der Waals surface area contributed by atoms with Gasteiger partial charge >= 0.3 is 0 Å². The molecule has 0 amide bonds. The molecule has 0 radical (unpaired) electrons. The quantitative estimate of drug-likeness (QED) is 0.648.